The SMILES string of the molecule is COc1ccc(/C=C/c2cc(O)cc(OC3OC(CO)C(O)C(O)C3O)c2)cc1O. The van der Waals surface area contributed by atoms with Crippen molar-refractivity contribution in [3.05, 3.63) is 47.5 Å². The van der Waals surface area contributed by atoms with Crippen LogP contribution in [-0.4, -0.2) is 75.1 Å². The second-order valence-corrected chi connectivity index (χ2v) is 6.84. The zero-order valence-corrected chi connectivity index (χ0v) is 16.1. The molecule has 1 fully saturated rings. The third-order valence-electron chi connectivity index (χ3n) is 4.69. The molecule has 1 aliphatic heterocycles. The molecule has 9 heteroatoms. The number of phenolic OH excluding ortho intramolecular Hbond substituents is 2. The van der Waals surface area contributed by atoms with Crippen LogP contribution in [0.1, 0.15) is 11.1 Å². The molecule has 0 aromatic heterocycles. The maximum atomic E-state index is 10.1. The number of benzene rings is 2. The third kappa shape index (κ3) is 4.84. The number of phenols is 2. The van der Waals surface area contributed by atoms with Crippen LogP contribution in [0.15, 0.2) is 36.4 Å². The number of rotatable bonds is 6. The summed E-state index contributed by atoms with van der Waals surface area (Å²) in [6, 6.07) is 9.19. The molecule has 5 atom stereocenters. The lowest BCUT2D eigenvalue weighted by molar-refractivity contribution is -0.277. The number of aliphatic hydroxyl groups excluding tert-OH is 4. The zero-order chi connectivity index (χ0) is 21.8. The molecule has 0 aliphatic carbocycles. The number of aliphatic hydroxyl groups is 4. The van der Waals surface area contributed by atoms with Gasteiger partial charge in [-0.25, -0.2) is 0 Å². The van der Waals surface area contributed by atoms with Crippen LogP contribution in [0.25, 0.3) is 12.2 Å². The maximum absolute atomic E-state index is 10.1. The molecule has 1 aliphatic rings. The number of methoxy groups -OCH3 is 1. The van der Waals surface area contributed by atoms with Gasteiger partial charge in [0.05, 0.1) is 13.7 Å². The van der Waals surface area contributed by atoms with Gasteiger partial charge in [0.1, 0.15) is 35.9 Å². The minimum absolute atomic E-state index is 0.0119. The van der Waals surface area contributed by atoms with Gasteiger partial charge in [0, 0.05) is 6.07 Å². The Balaban J connectivity index is 1.77. The number of hydrogen-bond acceptors (Lipinski definition) is 9. The van der Waals surface area contributed by atoms with Crippen LogP contribution in [0.2, 0.25) is 0 Å². The summed E-state index contributed by atoms with van der Waals surface area (Å²) in [6.07, 6.45) is -3.72. The molecule has 0 radical (unpaired) electrons. The summed E-state index contributed by atoms with van der Waals surface area (Å²) in [5.41, 5.74) is 1.23. The first-order valence-corrected chi connectivity index (χ1v) is 9.18. The Bertz CT molecular complexity index is 896. The molecule has 9 nitrogen and oxygen atoms in total. The van der Waals surface area contributed by atoms with E-state index in [2.05, 4.69) is 0 Å². The van der Waals surface area contributed by atoms with Gasteiger partial charge in [0.25, 0.3) is 0 Å². The summed E-state index contributed by atoms with van der Waals surface area (Å²) in [5, 5.41) is 58.9. The molecule has 0 bridgehead atoms. The molecular weight excluding hydrogens is 396 g/mol. The molecule has 1 saturated heterocycles. The molecule has 2 aromatic rings. The van der Waals surface area contributed by atoms with Crippen LogP contribution in [-0.2, 0) is 4.74 Å². The van der Waals surface area contributed by atoms with Crippen molar-refractivity contribution in [1.82, 2.24) is 0 Å². The lowest BCUT2D eigenvalue weighted by atomic mass is 9.99. The normalized spacial score (nSPS) is 26.6. The van der Waals surface area contributed by atoms with Gasteiger partial charge in [-0.3, -0.25) is 0 Å². The molecule has 3 rings (SSSR count). The van der Waals surface area contributed by atoms with E-state index in [1.807, 2.05) is 0 Å². The van der Waals surface area contributed by atoms with Gasteiger partial charge in [-0.2, -0.15) is 0 Å². The maximum Gasteiger partial charge on any atom is 0.229 e. The number of aromatic hydroxyl groups is 2. The molecule has 0 spiro atoms. The van der Waals surface area contributed by atoms with E-state index in [1.165, 1.54) is 25.3 Å². The van der Waals surface area contributed by atoms with Crippen molar-refractivity contribution in [2.75, 3.05) is 13.7 Å². The van der Waals surface area contributed by atoms with Gasteiger partial charge in [0.15, 0.2) is 11.5 Å². The summed E-state index contributed by atoms with van der Waals surface area (Å²) in [6.45, 7) is -0.576. The molecule has 2 aromatic carbocycles. The van der Waals surface area contributed by atoms with Crippen molar-refractivity contribution in [2.24, 2.45) is 0 Å². The highest BCUT2D eigenvalue weighted by molar-refractivity contribution is 5.72. The largest absolute Gasteiger partial charge is 0.508 e. The third-order valence-corrected chi connectivity index (χ3v) is 4.69. The minimum Gasteiger partial charge on any atom is -0.508 e. The van der Waals surface area contributed by atoms with Gasteiger partial charge in [-0.15, -0.1) is 0 Å². The average Bonchev–Trinajstić information content (AvgIpc) is 2.72. The highest BCUT2D eigenvalue weighted by Crippen LogP contribution is 2.30. The smallest absolute Gasteiger partial charge is 0.229 e. The highest BCUT2D eigenvalue weighted by Gasteiger charge is 2.44. The fourth-order valence-electron chi connectivity index (χ4n) is 3.07. The first kappa shape index (κ1) is 21.9. The van der Waals surface area contributed by atoms with E-state index >= 15 is 0 Å². The van der Waals surface area contributed by atoms with E-state index in [0.717, 1.165) is 0 Å². The van der Waals surface area contributed by atoms with Gasteiger partial charge >= 0.3 is 0 Å². The van der Waals surface area contributed by atoms with Crippen LogP contribution < -0.4 is 9.47 Å². The van der Waals surface area contributed by atoms with E-state index in [0.29, 0.717) is 16.9 Å². The van der Waals surface area contributed by atoms with E-state index < -0.39 is 37.3 Å². The first-order valence-electron chi connectivity index (χ1n) is 9.18. The molecular formula is C21H24O9. The molecule has 162 valence electrons. The van der Waals surface area contributed by atoms with Crippen molar-refractivity contribution in [1.29, 1.82) is 0 Å². The molecule has 0 saturated carbocycles. The summed E-state index contributed by atoms with van der Waals surface area (Å²) in [4.78, 5) is 0. The second-order valence-electron chi connectivity index (χ2n) is 6.84. The Labute approximate surface area is 172 Å². The lowest BCUT2D eigenvalue weighted by Gasteiger charge is -2.39. The van der Waals surface area contributed by atoms with Crippen molar-refractivity contribution >= 4 is 12.2 Å². The Morgan fingerprint density at radius 2 is 1.67 bits per heavy atom. The van der Waals surface area contributed by atoms with Crippen LogP contribution in [0.5, 0.6) is 23.0 Å². The summed E-state index contributed by atoms with van der Waals surface area (Å²) in [5.74, 6) is 0.354. The fraction of sp³-hybridized carbons (Fsp3) is 0.333. The standard InChI is InChI=1S/C21H24O9/c1-28-16-5-4-11(8-15(16)24)2-3-12-6-13(23)9-14(7-12)29-21-20(27)19(26)18(25)17(10-22)30-21/h2-9,17-27H,10H2,1H3/b3-2+. The summed E-state index contributed by atoms with van der Waals surface area (Å²) < 4.78 is 15.8. The molecule has 6 N–H and O–H groups in total. The zero-order valence-electron chi connectivity index (χ0n) is 16.1. The molecule has 1 heterocycles. The van der Waals surface area contributed by atoms with Gasteiger partial charge in [0.2, 0.25) is 6.29 Å². The lowest BCUT2D eigenvalue weighted by Crippen LogP contribution is -2.60. The molecule has 30 heavy (non-hydrogen) atoms. The van der Waals surface area contributed by atoms with Crippen molar-refractivity contribution in [3.63, 3.8) is 0 Å². The van der Waals surface area contributed by atoms with Crippen molar-refractivity contribution in [3.8, 4) is 23.0 Å². The Morgan fingerprint density at radius 1 is 0.933 bits per heavy atom. The predicted molar refractivity (Wildman–Crippen MR) is 106 cm³/mol. The highest BCUT2D eigenvalue weighted by atomic mass is 16.7. The van der Waals surface area contributed by atoms with Crippen LogP contribution in [0, 0.1) is 0 Å². The Kier molecular flexibility index (Phi) is 6.80. The van der Waals surface area contributed by atoms with Crippen LogP contribution in [0.4, 0.5) is 0 Å². The monoisotopic (exact) mass is 420 g/mol. The van der Waals surface area contributed by atoms with Gasteiger partial charge in [-0.05, 0) is 35.4 Å². The Hall–Kier alpha value is -2.82. The van der Waals surface area contributed by atoms with Gasteiger partial charge in [-0.1, -0.05) is 18.2 Å². The fourth-order valence-corrected chi connectivity index (χ4v) is 3.07. The number of hydrogen-bond donors (Lipinski definition) is 6. The van der Waals surface area contributed by atoms with E-state index in [-0.39, 0.29) is 17.2 Å². The van der Waals surface area contributed by atoms with Crippen molar-refractivity contribution in [2.45, 2.75) is 30.7 Å². The number of ether oxygens (including phenoxy) is 3. The van der Waals surface area contributed by atoms with Crippen molar-refractivity contribution < 1.29 is 44.8 Å². The van der Waals surface area contributed by atoms with Crippen LogP contribution in [0.3, 0.4) is 0 Å². The quantitative estimate of drug-likeness (QED) is 0.366. The minimum atomic E-state index is -1.57. The van der Waals surface area contributed by atoms with E-state index in [4.69, 9.17) is 14.2 Å². The Morgan fingerprint density at radius 3 is 2.33 bits per heavy atom. The second kappa shape index (κ2) is 9.33. The topological polar surface area (TPSA) is 149 Å². The predicted octanol–water partition coefficient (Wildman–Crippen LogP) is 0.455. The van der Waals surface area contributed by atoms with E-state index in [1.54, 1.807) is 30.4 Å². The average molecular weight is 420 g/mol. The van der Waals surface area contributed by atoms with Crippen LogP contribution >= 0.6 is 0 Å². The van der Waals surface area contributed by atoms with E-state index in [9.17, 15) is 30.6 Å². The molecule has 5 unspecified atom stereocenters. The summed E-state index contributed by atoms with van der Waals surface area (Å²) >= 11 is 0. The molecule has 0 amide bonds. The summed E-state index contributed by atoms with van der Waals surface area (Å²) in [7, 11) is 1.45. The van der Waals surface area contributed by atoms with Gasteiger partial charge < -0.3 is 44.8 Å². The first-order chi connectivity index (χ1) is 14.3.